The lowest BCUT2D eigenvalue weighted by Crippen LogP contribution is -2.31. The predicted octanol–water partition coefficient (Wildman–Crippen LogP) is 2.28. The largest absolute Gasteiger partial charge is 0.461 e. The summed E-state index contributed by atoms with van der Waals surface area (Å²) in [5.41, 5.74) is -0.203. The van der Waals surface area contributed by atoms with Crippen molar-refractivity contribution >= 4 is 32.4 Å². The summed E-state index contributed by atoms with van der Waals surface area (Å²) in [5.74, 6) is 0.165. The SMILES string of the molecule is C=c1cc(C)ncc1=C1N=C(C(F)(F)F)C=[N+]1COCC[Si](C)(C)C. The van der Waals surface area contributed by atoms with Crippen molar-refractivity contribution in [1.29, 1.82) is 0 Å². The Bertz CT molecular complexity index is 823. The van der Waals surface area contributed by atoms with E-state index in [2.05, 4.69) is 36.2 Å². The number of halogens is 3. The van der Waals surface area contributed by atoms with Gasteiger partial charge >= 0.3 is 12.0 Å². The lowest BCUT2D eigenvalue weighted by atomic mass is 10.3. The highest BCUT2D eigenvalue weighted by atomic mass is 28.3. The molecule has 0 aromatic carbocycles. The first kappa shape index (κ1) is 19.5. The highest BCUT2D eigenvalue weighted by Crippen LogP contribution is 2.21. The molecule has 1 aliphatic rings. The Morgan fingerprint density at radius 2 is 1.96 bits per heavy atom. The molecule has 0 saturated heterocycles. The number of nitrogens with zero attached hydrogens (tertiary/aromatic N) is 3. The zero-order valence-electron chi connectivity index (χ0n) is 14.9. The molecule has 0 bridgehead atoms. The molecule has 1 aliphatic heterocycles. The van der Waals surface area contributed by atoms with E-state index in [-0.39, 0.29) is 12.6 Å². The third-order valence-electron chi connectivity index (χ3n) is 3.66. The van der Waals surface area contributed by atoms with Gasteiger partial charge in [0.1, 0.15) is 6.21 Å². The molecule has 2 rings (SSSR count). The smallest absolute Gasteiger partial charge is 0.342 e. The average Bonchev–Trinajstić information content (AvgIpc) is 2.86. The fourth-order valence-corrected chi connectivity index (χ4v) is 2.98. The first-order valence-corrected chi connectivity index (χ1v) is 11.7. The van der Waals surface area contributed by atoms with Gasteiger partial charge in [-0.2, -0.15) is 13.2 Å². The van der Waals surface area contributed by atoms with Crippen molar-refractivity contribution in [2.24, 2.45) is 4.99 Å². The summed E-state index contributed by atoms with van der Waals surface area (Å²) in [4.78, 5) is 7.90. The maximum Gasteiger partial charge on any atom is 0.461 e. The van der Waals surface area contributed by atoms with E-state index in [4.69, 9.17) is 4.74 Å². The Labute approximate surface area is 146 Å². The van der Waals surface area contributed by atoms with Crippen LogP contribution in [0.3, 0.4) is 0 Å². The molecule has 8 heteroatoms. The lowest BCUT2D eigenvalue weighted by molar-refractivity contribution is -0.479. The summed E-state index contributed by atoms with van der Waals surface area (Å²) in [7, 11) is -1.26. The van der Waals surface area contributed by atoms with E-state index < -0.39 is 20.0 Å². The van der Waals surface area contributed by atoms with Gasteiger partial charge in [0.15, 0.2) is 6.73 Å². The lowest BCUT2D eigenvalue weighted by Gasteiger charge is -2.14. The molecule has 1 aromatic heterocycles. The monoisotopic (exact) mass is 370 g/mol. The predicted molar refractivity (Wildman–Crippen MR) is 95.9 cm³/mol. The van der Waals surface area contributed by atoms with Gasteiger partial charge in [0.05, 0.1) is 5.22 Å². The zero-order valence-corrected chi connectivity index (χ0v) is 15.9. The molecule has 0 radical (unpaired) electrons. The van der Waals surface area contributed by atoms with Gasteiger partial charge in [-0.05, 0) is 29.2 Å². The van der Waals surface area contributed by atoms with Crippen LogP contribution in [0.4, 0.5) is 13.2 Å². The molecule has 4 nitrogen and oxygen atoms in total. The Hall–Kier alpha value is -1.80. The van der Waals surface area contributed by atoms with Crippen LogP contribution in [0.5, 0.6) is 0 Å². The first-order valence-electron chi connectivity index (χ1n) is 7.98. The molecule has 0 fully saturated rings. The van der Waals surface area contributed by atoms with Crippen molar-refractivity contribution in [3.63, 3.8) is 0 Å². The highest BCUT2D eigenvalue weighted by molar-refractivity contribution is 6.76. The molecular weight excluding hydrogens is 347 g/mol. The van der Waals surface area contributed by atoms with Crippen molar-refractivity contribution in [2.45, 2.75) is 38.8 Å². The number of rotatable bonds is 5. The van der Waals surface area contributed by atoms with Crippen LogP contribution in [0, 0.1) is 6.92 Å². The number of hydrogen-bond donors (Lipinski definition) is 0. The third-order valence-corrected chi connectivity index (χ3v) is 5.37. The van der Waals surface area contributed by atoms with Crippen LogP contribution in [0.15, 0.2) is 17.3 Å². The molecule has 1 aromatic rings. The standard InChI is InChI=1S/C17H23F3N3OSi/c1-12-8-13(2)21-9-14(12)16-22-15(17(18,19)20)10-23(16)11-24-6-7-25(3,4)5/h8-10H,1,6-7,11H2,2-5H3/q+1. The number of pyridine rings is 1. The number of alkyl halides is 3. The van der Waals surface area contributed by atoms with Crippen LogP contribution >= 0.6 is 0 Å². The van der Waals surface area contributed by atoms with Crippen LogP contribution in [0.2, 0.25) is 25.7 Å². The first-order chi connectivity index (χ1) is 11.5. The Kier molecular flexibility index (Phi) is 5.63. The molecule has 136 valence electrons. The molecule has 0 spiro atoms. The number of ether oxygens (including phenoxy) is 1. The van der Waals surface area contributed by atoms with Gasteiger partial charge in [-0.3, -0.25) is 4.98 Å². The van der Waals surface area contributed by atoms with Gasteiger partial charge in [-0.25, -0.2) is 4.58 Å². The summed E-state index contributed by atoms with van der Waals surface area (Å²) >= 11 is 0. The third kappa shape index (κ3) is 5.33. The second-order valence-corrected chi connectivity index (χ2v) is 12.9. The molecule has 0 unspecified atom stereocenters. The summed E-state index contributed by atoms with van der Waals surface area (Å²) < 4.78 is 46.2. The Morgan fingerprint density at radius 1 is 1.28 bits per heavy atom. The molecule has 0 atom stereocenters. The van der Waals surface area contributed by atoms with E-state index in [0.29, 0.717) is 17.0 Å². The summed E-state index contributed by atoms with van der Waals surface area (Å²) in [6.07, 6.45) is -2.04. The maximum atomic E-state index is 13.1. The van der Waals surface area contributed by atoms with Crippen LogP contribution in [0.1, 0.15) is 5.69 Å². The summed E-state index contributed by atoms with van der Waals surface area (Å²) in [5, 5.41) is 1.05. The van der Waals surface area contributed by atoms with Crippen molar-refractivity contribution < 1.29 is 22.5 Å². The second kappa shape index (κ2) is 7.21. The van der Waals surface area contributed by atoms with Crippen molar-refractivity contribution in [3.8, 4) is 0 Å². The van der Waals surface area contributed by atoms with Gasteiger partial charge in [-0.1, -0.05) is 26.2 Å². The van der Waals surface area contributed by atoms with E-state index in [1.54, 1.807) is 13.0 Å². The normalized spacial score (nSPS) is 17.6. The number of hydrogen-bond acceptors (Lipinski definition) is 3. The van der Waals surface area contributed by atoms with Gasteiger partial charge in [0.25, 0.3) is 5.71 Å². The van der Waals surface area contributed by atoms with Gasteiger partial charge in [0.2, 0.25) is 0 Å². The van der Waals surface area contributed by atoms with Gasteiger partial charge < -0.3 is 4.74 Å². The Balaban J connectivity index is 2.34. The fraction of sp³-hybridized carbons (Fsp3) is 0.471. The quantitative estimate of drug-likeness (QED) is 0.453. The maximum absolute atomic E-state index is 13.1. The molecular formula is C17H23F3N3OSi+. The Morgan fingerprint density at radius 3 is 2.52 bits per heavy atom. The summed E-state index contributed by atoms with van der Waals surface area (Å²) in [6.45, 7) is 12.9. The molecule has 0 saturated carbocycles. The van der Waals surface area contributed by atoms with Crippen LogP contribution in [-0.4, -0.2) is 49.1 Å². The highest BCUT2D eigenvalue weighted by Gasteiger charge is 2.45. The van der Waals surface area contributed by atoms with Crippen molar-refractivity contribution in [3.05, 3.63) is 28.4 Å². The van der Waals surface area contributed by atoms with Gasteiger partial charge in [-0.15, -0.1) is 0 Å². The summed E-state index contributed by atoms with van der Waals surface area (Å²) in [6, 6.07) is 2.66. The van der Waals surface area contributed by atoms with E-state index in [1.165, 1.54) is 10.8 Å². The minimum Gasteiger partial charge on any atom is -0.342 e. The molecule has 0 aliphatic carbocycles. The average molecular weight is 370 g/mol. The van der Waals surface area contributed by atoms with Crippen LogP contribution < -0.4 is 10.4 Å². The minimum absolute atomic E-state index is 0.0101. The van der Waals surface area contributed by atoms with E-state index in [9.17, 15) is 13.2 Å². The molecule has 0 N–H and O–H groups in total. The fourth-order valence-electron chi connectivity index (χ4n) is 2.22. The molecule has 25 heavy (non-hydrogen) atoms. The van der Waals surface area contributed by atoms with Gasteiger partial charge in [0, 0.05) is 26.6 Å². The topological polar surface area (TPSA) is 37.5 Å². The van der Waals surface area contributed by atoms with E-state index in [1.807, 2.05) is 0 Å². The number of aliphatic imine (C=N–C) groups is 1. The van der Waals surface area contributed by atoms with Crippen LogP contribution in [0.25, 0.3) is 12.4 Å². The minimum atomic E-state index is -4.52. The van der Waals surface area contributed by atoms with Crippen molar-refractivity contribution in [1.82, 2.24) is 4.98 Å². The zero-order chi connectivity index (χ0) is 18.8. The number of aromatic nitrogens is 1. The van der Waals surface area contributed by atoms with Crippen LogP contribution in [-0.2, 0) is 4.74 Å². The van der Waals surface area contributed by atoms with E-state index in [0.717, 1.165) is 18.0 Å². The second-order valence-electron chi connectivity index (χ2n) is 7.25. The van der Waals surface area contributed by atoms with E-state index >= 15 is 0 Å². The molecule has 0 amide bonds. The number of aryl methyl sites for hydroxylation is 1. The van der Waals surface area contributed by atoms with Crippen molar-refractivity contribution in [2.75, 3.05) is 13.3 Å². The molecule has 2 heterocycles.